The summed E-state index contributed by atoms with van der Waals surface area (Å²) in [6.07, 6.45) is 8.07. The lowest BCUT2D eigenvalue weighted by Gasteiger charge is -2.01. The number of unbranched alkanes of at least 4 members (excludes halogenated alkanes) is 1. The maximum Gasteiger partial charge on any atom is 0.142 e. The zero-order valence-electron chi connectivity index (χ0n) is 6.84. The highest BCUT2D eigenvalue weighted by atomic mass is 16.1. The van der Waals surface area contributed by atoms with Crippen LogP contribution in [0.1, 0.15) is 33.1 Å². The zero-order valence-corrected chi connectivity index (χ0v) is 6.84. The number of hydrogen-bond acceptors (Lipinski definition) is 1. The van der Waals surface area contributed by atoms with Gasteiger partial charge in [-0.1, -0.05) is 32.8 Å². The van der Waals surface area contributed by atoms with Crippen LogP contribution in [0.5, 0.6) is 0 Å². The van der Waals surface area contributed by atoms with Crippen molar-refractivity contribution in [2.75, 3.05) is 0 Å². The molecule has 1 atom stereocenters. The SMILES string of the molecule is CCCCC(C)C=CC=O. The second kappa shape index (κ2) is 6.53. The molecule has 0 aromatic rings. The van der Waals surface area contributed by atoms with Crippen LogP contribution in [0.2, 0.25) is 0 Å². The molecule has 0 saturated carbocycles. The van der Waals surface area contributed by atoms with Gasteiger partial charge in [-0.3, -0.25) is 4.79 Å². The van der Waals surface area contributed by atoms with Crippen molar-refractivity contribution >= 4 is 6.29 Å². The minimum atomic E-state index is 0.560. The van der Waals surface area contributed by atoms with Crippen molar-refractivity contribution in [2.24, 2.45) is 5.92 Å². The third-order valence-electron chi connectivity index (χ3n) is 1.53. The summed E-state index contributed by atoms with van der Waals surface area (Å²) in [5.41, 5.74) is 0. The van der Waals surface area contributed by atoms with Gasteiger partial charge in [-0.2, -0.15) is 0 Å². The summed E-state index contributed by atoms with van der Waals surface area (Å²) in [6.45, 7) is 4.31. The van der Waals surface area contributed by atoms with E-state index in [2.05, 4.69) is 13.8 Å². The van der Waals surface area contributed by atoms with Gasteiger partial charge in [0.15, 0.2) is 0 Å². The highest BCUT2D eigenvalue weighted by Gasteiger charge is 1.93. The van der Waals surface area contributed by atoms with E-state index in [1.165, 1.54) is 19.3 Å². The molecule has 0 heterocycles. The molecule has 0 bridgehead atoms. The Hall–Kier alpha value is -0.590. The standard InChI is InChI=1S/C9H16O/c1-3-4-6-9(2)7-5-8-10/h5,7-9H,3-4,6H2,1-2H3. The second-order valence-electron chi connectivity index (χ2n) is 2.64. The van der Waals surface area contributed by atoms with E-state index in [0.29, 0.717) is 5.92 Å². The zero-order chi connectivity index (χ0) is 7.82. The van der Waals surface area contributed by atoms with E-state index in [9.17, 15) is 4.79 Å². The molecule has 0 fully saturated rings. The number of carbonyl (C=O) groups is 1. The fourth-order valence-corrected chi connectivity index (χ4v) is 0.857. The van der Waals surface area contributed by atoms with Crippen molar-refractivity contribution in [3.05, 3.63) is 12.2 Å². The largest absolute Gasteiger partial charge is 0.299 e. The van der Waals surface area contributed by atoms with Crippen LogP contribution in [0.15, 0.2) is 12.2 Å². The molecule has 0 saturated heterocycles. The molecule has 0 aliphatic carbocycles. The average molecular weight is 140 g/mol. The molecule has 0 aliphatic rings. The molecule has 0 N–H and O–H groups in total. The van der Waals surface area contributed by atoms with Gasteiger partial charge in [0.2, 0.25) is 0 Å². The monoisotopic (exact) mass is 140 g/mol. The van der Waals surface area contributed by atoms with Gasteiger partial charge in [0, 0.05) is 0 Å². The van der Waals surface area contributed by atoms with Crippen molar-refractivity contribution in [3.8, 4) is 0 Å². The van der Waals surface area contributed by atoms with Crippen LogP contribution in [-0.4, -0.2) is 6.29 Å². The van der Waals surface area contributed by atoms with Crippen LogP contribution in [0.3, 0.4) is 0 Å². The number of aldehydes is 1. The van der Waals surface area contributed by atoms with Gasteiger partial charge in [-0.05, 0) is 18.4 Å². The van der Waals surface area contributed by atoms with Crippen molar-refractivity contribution in [1.29, 1.82) is 0 Å². The highest BCUT2D eigenvalue weighted by Crippen LogP contribution is 2.07. The van der Waals surface area contributed by atoms with Crippen LogP contribution in [0.4, 0.5) is 0 Å². The van der Waals surface area contributed by atoms with Gasteiger partial charge in [-0.15, -0.1) is 0 Å². The molecule has 0 rings (SSSR count). The predicted octanol–water partition coefficient (Wildman–Crippen LogP) is 2.57. The summed E-state index contributed by atoms with van der Waals surface area (Å²) in [7, 11) is 0. The van der Waals surface area contributed by atoms with Gasteiger partial charge >= 0.3 is 0 Å². The molecular weight excluding hydrogens is 124 g/mol. The topological polar surface area (TPSA) is 17.1 Å². The van der Waals surface area contributed by atoms with Crippen molar-refractivity contribution in [3.63, 3.8) is 0 Å². The number of carbonyl (C=O) groups excluding carboxylic acids is 1. The first kappa shape index (κ1) is 9.41. The molecule has 1 heteroatoms. The molecule has 58 valence electrons. The Balaban J connectivity index is 3.32. The summed E-state index contributed by atoms with van der Waals surface area (Å²) in [4.78, 5) is 9.90. The molecule has 0 radical (unpaired) electrons. The Morgan fingerprint density at radius 1 is 1.50 bits per heavy atom. The van der Waals surface area contributed by atoms with Crippen LogP contribution in [0, 0.1) is 5.92 Å². The van der Waals surface area contributed by atoms with Crippen molar-refractivity contribution in [1.82, 2.24) is 0 Å². The molecule has 10 heavy (non-hydrogen) atoms. The van der Waals surface area contributed by atoms with Crippen LogP contribution in [0.25, 0.3) is 0 Å². The maximum absolute atomic E-state index is 9.90. The Morgan fingerprint density at radius 3 is 2.70 bits per heavy atom. The predicted molar refractivity (Wildman–Crippen MR) is 43.9 cm³/mol. The molecule has 1 nitrogen and oxygen atoms in total. The van der Waals surface area contributed by atoms with E-state index >= 15 is 0 Å². The first-order valence-corrected chi connectivity index (χ1v) is 3.93. The van der Waals surface area contributed by atoms with E-state index in [1.807, 2.05) is 6.08 Å². The lowest BCUT2D eigenvalue weighted by atomic mass is 10.0. The van der Waals surface area contributed by atoms with E-state index < -0.39 is 0 Å². The molecule has 1 unspecified atom stereocenters. The van der Waals surface area contributed by atoms with Crippen molar-refractivity contribution < 1.29 is 4.79 Å². The molecule has 0 amide bonds. The van der Waals surface area contributed by atoms with Gasteiger partial charge in [0.25, 0.3) is 0 Å². The Kier molecular flexibility index (Phi) is 6.14. The minimum Gasteiger partial charge on any atom is -0.299 e. The lowest BCUT2D eigenvalue weighted by Crippen LogP contribution is -1.88. The molecular formula is C9H16O. The lowest BCUT2D eigenvalue weighted by molar-refractivity contribution is -0.104. The van der Waals surface area contributed by atoms with Crippen LogP contribution >= 0.6 is 0 Å². The number of hydrogen-bond donors (Lipinski definition) is 0. The van der Waals surface area contributed by atoms with Crippen molar-refractivity contribution in [2.45, 2.75) is 33.1 Å². The number of rotatable bonds is 5. The maximum atomic E-state index is 9.90. The molecule has 0 aliphatic heterocycles. The third kappa shape index (κ3) is 5.54. The fraction of sp³-hybridized carbons (Fsp3) is 0.667. The second-order valence-corrected chi connectivity index (χ2v) is 2.64. The van der Waals surface area contributed by atoms with E-state index in [-0.39, 0.29) is 0 Å². The Morgan fingerprint density at radius 2 is 2.20 bits per heavy atom. The van der Waals surface area contributed by atoms with E-state index in [0.717, 1.165) is 6.29 Å². The van der Waals surface area contributed by atoms with Crippen LogP contribution in [-0.2, 0) is 4.79 Å². The summed E-state index contributed by atoms with van der Waals surface area (Å²) < 4.78 is 0. The number of allylic oxidation sites excluding steroid dienone is 2. The molecule has 0 aromatic carbocycles. The van der Waals surface area contributed by atoms with Gasteiger partial charge in [0.1, 0.15) is 6.29 Å². The molecule has 0 aromatic heterocycles. The van der Waals surface area contributed by atoms with Gasteiger partial charge in [0.05, 0.1) is 0 Å². The average Bonchev–Trinajstić information content (AvgIpc) is 1.97. The highest BCUT2D eigenvalue weighted by molar-refractivity contribution is 5.64. The normalized spacial score (nSPS) is 13.8. The summed E-state index contributed by atoms with van der Waals surface area (Å²) in [5.74, 6) is 0.560. The minimum absolute atomic E-state index is 0.560. The first-order chi connectivity index (χ1) is 4.81. The van der Waals surface area contributed by atoms with Gasteiger partial charge < -0.3 is 0 Å². The smallest absolute Gasteiger partial charge is 0.142 e. The summed E-state index contributed by atoms with van der Waals surface area (Å²) >= 11 is 0. The molecule has 0 spiro atoms. The fourth-order valence-electron chi connectivity index (χ4n) is 0.857. The third-order valence-corrected chi connectivity index (χ3v) is 1.53. The van der Waals surface area contributed by atoms with Crippen LogP contribution < -0.4 is 0 Å². The van der Waals surface area contributed by atoms with Gasteiger partial charge in [-0.25, -0.2) is 0 Å². The first-order valence-electron chi connectivity index (χ1n) is 3.93. The van der Waals surface area contributed by atoms with E-state index in [4.69, 9.17) is 0 Å². The summed E-state index contributed by atoms with van der Waals surface area (Å²) in [6, 6.07) is 0. The van der Waals surface area contributed by atoms with E-state index in [1.54, 1.807) is 6.08 Å². The summed E-state index contributed by atoms with van der Waals surface area (Å²) in [5, 5.41) is 0. The quantitative estimate of drug-likeness (QED) is 0.423. The Bertz CT molecular complexity index is 105. The Labute approximate surface area is 63.1 Å².